The molecule has 0 atom stereocenters. The van der Waals surface area contributed by atoms with E-state index >= 15 is 0 Å². The average Bonchev–Trinajstić information content (AvgIpc) is 3.07. The van der Waals surface area contributed by atoms with Gasteiger partial charge in [0.15, 0.2) is 21.3 Å². The summed E-state index contributed by atoms with van der Waals surface area (Å²) in [5.41, 5.74) is 2.08. The summed E-state index contributed by atoms with van der Waals surface area (Å²) in [6, 6.07) is 15.4. The Morgan fingerprint density at radius 2 is 1.80 bits per heavy atom. The van der Waals surface area contributed by atoms with Crippen LogP contribution in [0, 0.1) is 6.92 Å². The molecule has 2 aromatic carbocycles. The van der Waals surface area contributed by atoms with Crippen LogP contribution in [-0.2, 0) is 9.84 Å². The van der Waals surface area contributed by atoms with Gasteiger partial charge >= 0.3 is 0 Å². The van der Waals surface area contributed by atoms with Crippen molar-refractivity contribution in [2.24, 2.45) is 0 Å². The fourth-order valence-electron chi connectivity index (χ4n) is 2.27. The molecule has 0 aliphatic rings. The molecule has 0 aliphatic carbocycles. The molecule has 1 heterocycles. The van der Waals surface area contributed by atoms with Gasteiger partial charge in [0.2, 0.25) is 0 Å². The standard InChI is InChI=1S/C18H16N2O4S/c1-12-8-9-14(25(2,22)23)10-15(12)19-18(21)16-11-17(24-20-16)13-6-4-3-5-7-13/h3-11H,1-2H3,(H,19,21). The highest BCUT2D eigenvalue weighted by Crippen LogP contribution is 2.23. The van der Waals surface area contributed by atoms with Gasteiger partial charge in [-0.1, -0.05) is 41.6 Å². The Bertz CT molecular complexity index is 1020. The van der Waals surface area contributed by atoms with Crippen LogP contribution in [0.1, 0.15) is 16.1 Å². The average molecular weight is 356 g/mol. The highest BCUT2D eigenvalue weighted by Gasteiger charge is 2.16. The molecule has 1 aromatic heterocycles. The zero-order valence-corrected chi connectivity index (χ0v) is 14.5. The summed E-state index contributed by atoms with van der Waals surface area (Å²) in [5, 5.41) is 6.46. The van der Waals surface area contributed by atoms with Gasteiger partial charge in [-0.15, -0.1) is 0 Å². The number of anilines is 1. The molecule has 7 heteroatoms. The number of carbonyl (C=O) groups is 1. The minimum Gasteiger partial charge on any atom is -0.355 e. The zero-order valence-electron chi connectivity index (χ0n) is 13.7. The summed E-state index contributed by atoms with van der Waals surface area (Å²) in [7, 11) is -3.36. The summed E-state index contributed by atoms with van der Waals surface area (Å²) in [6.07, 6.45) is 1.12. The van der Waals surface area contributed by atoms with Crippen molar-refractivity contribution in [3.63, 3.8) is 0 Å². The Hall–Kier alpha value is -2.93. The van der Waals surface area contributed by atoms with Crippen LogP contribution in [0.25, 0.3) is 11.3 Å². The Morgan fingerprint density at radius 1 is 1.08 bits per heavy atom. The predicted octanol–water partition coefficient (Wildman–Crippen LogP) is 3.31. The number of rotatable bonds is 4. The minimum atomic E-state index is -3.36. The van der Waals surface area contributed by atoms with Crippen molar-refractivity contribution in [3.05, 3.63) is 65.9 Å². The molecular weight excluding hydrogens is 340 g/mol. The molecule has 0 radical (unpaired) electrons. The van der Waals surface area contributed by atoms with Crippen molar-refractivity contribution < 1.29 is 17.7 Å². The second-order valence-corrected chi connectivity index (χ2v) is 7.66. The molecule has 6 nitrogen and oxygen atoms in total. The van der Waals surface area contributed by atoms with E-state index in [0.29, 0.717) is 11.4 Å². The van der Waals surface area contributed by atoms with E-state index in [2.05, 4.69) is 10.5 Å². The number of hydrogen-bond donors (Lipinski definition) is 1. The lowest BCUT2D eigenvalue weighted by atomic mass is 10.1. The van der Waals surface area contributed by atoms with E-state index in [-0.39, 0.29) is 10.6 Å². The molecule has 0 fully saturated rings. The molecule has 128 valence electrons. The zero-order chi connectivity index (χ0) is 18.0. The Kier molecular flexibility index (Phi) is 4.41. The van der Waals surface area contributed by atoms with E-state index < -0.39 is 15.7 Å². The molecule has 25 heavy (non-hydrogen) atoms. The second-order valence-electron chi connectivity index (χ2n) is 5.65. The lowest BCUT2D eigenvalue weighted by Gasteiger charge is -2.08. The lowest BCUT2D eigenvalue weighted by molar-refractivity contribution is 0.101. The number of carbonyl (C=O) groups excluding carboxylic acids is 1. The lowest BCUT2D eigenvalue weighted by Crippen LogP contribution is -2.13. The number of aryl methyl sites for hydroxylation is 1. The van der Waals surface area contributed by atoms with Gasteiger partial charge in [-0.05, 0) is 24.6 Å². The number of hydrogen-bond acceptors (Lipinski definition) is 5. The van der Waals surface area contributed by atoms with Crippen LogP contribution < -0.4 is 5.32 Å². The highest BCUT2D eigenvalue weighted by molar-refractivity contribution is 7.90. The number of nitrogens with zero attached hydrogens (tertiary/aromatic N) is 1. The SMILES string of the molecule is Cc1ccc(S(C)(=O)=O)cc1NC(=O)c1cc(-c2ccccc2)on1. The van der Waals surface area contributed by atoms with Crippen LogP contribution in [0.3, 0.4) is 0 Å². The van der Waals surface area contributed by atoms with Crippen molar-refractivity contribution in [1.29, 1.82) is 0 Å². The first kappa shape index (κ1) is 16.9. The molecule has 1 N–H and O–H groups in total. The summed E-state index contributed by atoms with van der Waals surface area (Å²) in [5.74, 6) is 0.00652. The molecule has 3 aromatic rings. The van der Waals surface area contributed by atoms with Gasteiger partial charge in [-0.3, -0.25) is 4.79 Å². The summed E-state index contributed by atoms with van der Waals surface area (Å²) < 4.78 is 28.6. The highest BCUT2D eigenvalue weighted by atomic mass is 32.2. The molecule has 1 amide bonds. The maximum Gasteiger partial charge on any atom is 0.277 e. The van der Waals surface area contributed by atoms with Crippen molar-refractivity contribution in [2.45, 2.75) is 11.8 Å². The Balaban J connectivity index is 1.85. The van der Waals surface area contributed by atoms with E-state index in [9.17, 15) is 13.2 Å². The Labute approximate surface area is 145 Å². The molecule has 0 saturated carbocycles. The van der Waals surface area contributed by atoms with Crippen LogP contribution >= 0.6 is 0 Å². The molecule has 0 bridgehead atoms. The van der Waals surface area contributed by atoms with E-state index in [1.54, 1.807) is 19.1 Å². The van der Waals surface area contributed by atoms with Crippen LogP contribution in [0.5, 0.6) is 0 Å². The summed E-state index contributed by atoms with van der Waals surface area (Å²) >= 11 is 0. The smallest absolute Gasteiger partial charge is 0.277 e. The number of amides is 1. The monoisotopic (exact) mass is 356 g/mol. The fourth-order valence-corrected chi connectivity index (χ4v) is 2.92. The van der Waals surface area contributed by atoms with Gasteiger partial charge in [-0.25, -0.2) is 8.42 Å². The minimum absolute atomic E-state index is 0.114. The third kappa shape index (κ3) is 3.77. The third-order valence-corrected chi connectivity index (χ3v) is 4.80. The summed E-state index contributed by atoms with van der Waals surface area (Å²) in [4.78, 5) is 12.5. The first-order valence-corrected chi connectivity index (χ1v) is 9.38. The quantitative estimate of drug-likeness (QED) is 0.775. The van der Waals surface area contributed by atoms with Crippen molar-refractivity contribution in [2.75, 3.05) is 11.6 Å². The maximum absolute atomic E-state index is 12.4. The number of sulfone groups is 1. The van der Waals surface area contributed by atoms with E-state index in [0.717, 1.165) is 17.4 Å². The van der Waals surface area contributed by atoms with Crippen LogP contribution in [0.15, 0.2) is 64.0 Å². The second kappa shape index (κ2) is 6.52. The molecule has 0 unspecified atom stereocenters. The Morgan fingerprint density at radius 3 is 2.48 bits per heavy atom. The largest absolute Gasteiger partial charge is 0.355 e. The summed E-state index contributed by atoms with van der Waals surface area (Å²) in [6.45, 7) is 1.78. The molecular formula is C18H16N2O4S. The van der Waals surface area contributed by atoms with Gasteiger partial charge in [0.25, 0.3) is 5.91 Å². The molecule has 0 saturated heterocycles. The number of nitrogens with one attached hydrogen (secondary N) is 1. The van der Waals surface area contributed by atoms with Crippen LogP contribution in [0.2, 0.25) is 0 Å². The maximum atomic E-state index is 12.4. The van der Waals surface area contributed by atoms with Crippen LogP contribution in [-0.4, -0.2) is 25.7 Å². The third-order valence-electron chi connectivity index (χ3n) is 3.69. The molecule has 3 rings (SSSR count). The first-order valence-electron chi connectivity index (χ1n) is 7.49. The number of aromatic nitrogens is 1. The van der Waals surface area contributed by atoms with Gasteiger partial charge < -0.3 is 9.84 Å². The van der Waals surface area contributed by atoms with Crippen molar-refractivity contribution in [1.82, 2.24) is 5.16 Å². The van der Waals surface area contributed by atoms with Gasteiger partial charge in [-0.2, -0.15) is 0 Å². The van der Waals surface area contributed by atoms with Gasteiger partial charge in [0, 0.05) is 23.6 Å². The van der Waals surface area contributed by atoms with E-state index in [4.69, 9.17) is 4.52 Å². The van der Waals surface area contributed by atoms with Crippen LogP contribution in [0.4, 0.5) is 5.69 Å². The van der Waals surface area contributed by atoms with Gasteiger partial charge in [0.05, 0.1) is 4.90 Å². The first-order chi connectivity index (χ1) is 11.8. The fraction of sp³-hybridized carbons (Fsp3) is 0.111. The van der Waals surface area contributed by atoms with E-state index in [1.807, 2.05) is 30.3 Å². The normalized spacial score (nSPS) is 11.3. The van der Waals surface area contributed by atoms with Gasteiger partial charge in [0.1, 0.15) is 0 Å². The number of benzene rings is 2. The predicted molar refractivity (Wildman–Crippen MR) is 94.2 cm³/mol. The molecule has 0 spiro atoms. The van der Waals surface area contributed by atoms with E-state index in [1.165, 1.54) is 12.1 Å². The molecule has 0 aliphatic heterocycles. The van der Waals surface area contributed by atoms with Crippen molar-refractivity contribution >= 4 is 21.4 Å². The topological polar surface area (TPSA) is 89.3 Å². The van der Waals surface area contributed by atoms with Crippen molar-refractivity contribution in [3.8, 4) is 11.3 Å².